The van der Waals surface area contributed by atoms with Crippen LogP contribution in [-0.2, 0) is 16.4 Å². The third-order valence-electron chi connectivity index (χ3n) is 3.56. The molecule has 3 rings (SSSR count). The number of sulfonamides is 1. The van der Waals surface area contributed by atoms with Crippen LogP contribution in [0.3, 0.4) is 0 Å². The molecule has 0 unspecified atom stereocenters. The predicted octanol–water partition coefficient (Wildman–Crippen LogP) is 1.57. The highest BCUT2D eigenvalue weighted by atomic mass is 32.2. The van der Waals surface area contributed by atoms with Gasteiger partial charge in [-0.2, -0.15) is 14.9 Å². The SMILES string of the molecule is Cc1ccc(S(=O)(=O)NCCc2nnc3ccc(SCC#N)nn23)cc1. The molecule has 2 aromatic heterocycles. The maximum atomic E-state index is 12.3. The lowest BCUT2D eigenvalue weighted by Gasteiger charge is -2.06. The summed E-state index contributed by atoms with van der Waals surface area (Å²) in [6.45, 7) is 2.07. The number of nitriles is 1. The molecule has 0 saturated heterocycles. The number of hydrogen-bond acceptors (Lipinski definition) is 7. The quantitative estimate of drug-likeness (QED) is 0.611. The second-order valence-electron chi connectivity index (χ2n) is 5.47. The summed E-state index contributed by atoms with van der Waals surface area (Å²) in [6.07, 6.45) is 0.339. The minimum absolute atomic E-state index is 0.175. The zero-order chi connectivity index (χ0) is 18.6. The van der Waals surface area contributed by atoms with Gasteiger partial charge >= 0.3 is 0 Å². The molecule has 0 fully saturated rings. The maximum absolute atomic E-state index is 12.3. The molecule has 134 valence electrons. The van der Waals surface area contributed by atoms with Crippen molar-refractivity contribution in [3.05, 3.63) is 47.8 Å². The van der Waals surface area contributed by atoms with E-state index in [2.05, 4.69) is 20.0 Å². The Balaban J connectivity index is 1.69. The first-order chi connectivity index (χ1) is 12.5. The van der Waals surface area contributed by atoms with Gasteiger partial charge < -0.3 is 0 Å². The zero-order valence-electron chi connectivity index (χ0n) is 14.0. The summed E-state index contributed by atoms with van der Waals surface area (Å²) in [5.41, 5.74) is 1.57. The number of hydrogen-bond donors (Lipinski definition) is 1. The molecule has 0 atom stereocenters. The molecule has 10 heteroatoms. The Kier molecular flexibility index (Phi) is 5.51. The Morgan fingerprint density at radius 2 is 1.96 bits per heavy atom. The van der Waals surface area contributed by atoms with Crippen LogP contribution in [-0.4, -0.2) is 40.5 Å². The number of aryl methyl sites for hydroxylation is 1. The molecule has 1 N–H and O–H groups in total. The van der Waals surface area contributed by atoms with E-state index in [0.717, 1.165) is 5.56 Å². The monoisotopic (exact) mass is 388 g/mol. The Morgan fingerprint density at radius 1 is 1.19 bits per heavy atom. The Morgan fingerprint density at radius 3 is 2.69 bits per heavy atom. The second-order valence-corrected chi connectivity index (χ2v) is 8.23. The minimum Gasteiger partial charge on any atom is -0.211 e. The van der Waals surface area contributed by atoms with Crippen molar-refractivity contribution >= 4 is 27.4 Å². The van der Waals surface area contributed by atoms with Gasteiger partial charge in [-0.05, 0) is 31.2 Å². The van der Waals surface area contributed by atoms with Crippen LogP contribution in [0.2, 0.25) is 0 Å². The fourth-order valence-electron chi connectivity index (χ4n) is 2.25. The number of benzene rings is 1. The van der Waals surface area contributed by atoms with Crippen molar-refractivity contribution in [2.75, 3.05) is 12.3 Å². The summed E-state index contributed by atoms with van der Waals surface area (Å²) in [7, 11) is -3.57. The van der Waals surface area contributed by atoms with Gasteiger partial charge in [0.15, 0.2) is 11.5 Å². The lowest BCUT2D eigenvalue weighted by Crippen LogP contribution is -2.26. The molecule has 0 aliphatic carbocycles. The number of nitrogens with one attached hydrogen (secondary N) is 1. The molecule has 0 saturated carbocycles. The molecular formula is C16H16N6O2S2. The molecule has 0 amide bonds. The van der Waals surface area contributed by atoms with Gasteiger partial charge in [-0.3, -0.25) is 0 Å². The summed E-state index contributed by atoms with van der Waals surface area (Å²) in [4.78, 5) is 0.225. The van der Waals surface area contributed by atoms with Crippen molar-refractivity contribution in [3.63, 3.8) is 0 Å². The van der Waals surface area contributed by atoms with Crippen molar-refractivity contribution in [2.45, 2.75) is 23.3 Å². The number of thioether (sulfide) groups is 1. The van der Waals surface area contributed by atoms with Crippen LogP contribution in [0.15, 0.2) is 46.3 Å². The topological polar surface area (TPSA) is 113 Å². The summed E-state index contributed by atoms with van der Waals surface area (Å²) in [5, 5.41) is 21.8. The molecule has 1 aromatic carbocycles. The molecule has 0 aliphatic heterocycles. The fraction of sp³-hybridized carbons (Fsp3) is 0.250. The zero-order valence-corrected chi connectivity index (χ0v) is 15.6. The first-order valence-corrected chi connectivity index (χ1v) is 10.2. The van der Waals surface area contributed by atoms with Gasteiger partial charge in [0.1, 0.15) is 5.03 Å². The highest BCUT2D eigenvalue weighted by Crippen LogP contribution is 2.15. The van der Waals surface area contributed by atoms with Crippen molar-refractivity contribution in [3.8, 4) is 6.07 Å². The van der Waals surface area contributed by atoms with E-state index in [0.29, 0.717) is 28.7 Å². The molecule has 0 aliphatic rings. The van der Waals surface area contributed by atoms with E-state index in [4.69, 9.17) is 5.26 Å². The summed E-state index contributed by atoms with van der Waals surface area (Å²) >= 11 is 1.31. The molecule has 26 heavy (non-hydrogen) atoms. The van der Waals surface area contributed by atoms with Crippen LogP contribution >= 0.6 is 11.8 Å². The predicted molar refractivity (Wildman–Crippen MR) is 97.2 cm³/mol. The molecule has 0 bridgehead atoms. The number of rotatable bonds is 7. The van der Waals surface area contributed by atoms with Gasteiger partial charge in [0.25, 0.3) is 0 Å². The average molecular weight is 388 g/mol. The Bertz CT molecular complexity index is 1050. The second kappa shape index (κ2) is 7.82. The Labute approximate surface area is 155 Å². The van der Waals surface area contributed by atoms with Crippen LogP contribution in [0.25, 0.3) is 5.65 Å². The molecule has 8 nitrogen and oxygen atoms in total. The van der Waals surface area contributed by atoms with E-state index in [1.807, 2.05) is 13.0 Å². The van der Waals surface area contributed by atoms with Gasteiger partial charge in [-0.1, -0.05) is 29.5 Å². The van der Waals surface area contributed by atoms with Crippen molar-refractivity contribution in [2.24, 2.45) is 0 Å². The molecule has 0 spiro atoms. The first-order valence-electron chi connectivity index (χ1n) is 7.77. The summed E-state index contributed by atoms with van der Waals surface area (Å²) in [6, 6.07) is 12.2. The fourth-order valence-corrected chi connectivity index (χ4v) is 3.80. The largest absolute Gasteiger partial charge is 0.240 e. The van der Waals surface area contributed by atoms with E-state index < -0.39 is 10.0 Å². The minimum atomic E-state index is -3.57. The smallest absolute Gasteiger partial charge is 0.211 e. The molecular weight excluding hydrogens is 372 g/mol. The number of fused-ring (bicyclic) bond motifs is 1. The van der Waals surface area contributed by atoms with Crippen LogP contribution in [0.5, 0.6) is 0 Å². The van der Waals surface area contributed by atoms with Crippen LogP contribution in [0.4, 0.5) is 0 Å². The third-order valence-corrected chi connectivity index (χ3v) is 5.82. The summed E-state index contributed by atoms with van der Waals surface area (Å²) < 4.78 is 28.7. The highest BCUT2D eigenvalue weighted by Gasteiger charge is 2.14. The lowest BCUT2D eigenvalue weighted by molar-refractivity contribution is 0.580. The number of aromatic nitrogens is 4. The van der Waals surface area contributed by atoms with E-state index in [9.17, 15) is 8.42 Å². The van der Waals surface area contributed by atoms with Gasteiger partial charge in [0, 0.05) is 13.0 Å². The van der Waals surface area contributed by atoms with E-state index in [-0.39, 0.29) is 11.4 Å². The van der Waals surface area contributed by atoms with Gasteiger partial charge in [-0.25, -0.2) is 13.1 Å². The van der Waals surface area contributed by atoms with Crippen molar-refractivity contribution in [1.82, 2.24) is 24.5 Å². The third kappa shape index (κ3) is 4.19. The normalized spacial score (nSPS) is 11.5. The average Bonchev–Trinajstić information content (AvgIpc) is 3.02. The Hall–Kier alpha value is -2.48. The lowest BCUT2D eigenvalue weighted by atomic mass is 10.2. The first kappa shape index (κ1) is 18.3. The van der Waals surface area contributed by atoms with Crippen molar-refractivity contribution in [1.29, 1.82) is 5.26 Å². The summed E-state index contributed by atoms with van der Waals surface area (Å²) in [5.74, 6) is 0.845. The number of nitrogens with zero attached hydrogens (tertiary/aromatic N) is 5. The van der Waals surface area contributed by atoms with Crippen LogP contribution < -0.4 is 4.72 Å². The van der Waals surface area contributed by atoms with Crippen molar-refractivity contribution < 1.29 is 8.42 Å². The highest BCUT2D eigenvalue weighted by molar-refractivity contribution is 7.99. The van der Waals surface area contributed by atoms with E-state index in [1.54, 1.807) is 40.9 Å². The van der Waals surface area contributed by atoms with Gasteiger partial charge in [0.05, 0.1) is 16.7 Å². The van der Waals surface area contributed by atoms with Gasteiger partial charge in [0.2, 0.25) is 10.0 Å². The van der Waals surface area contributed by atoms with Crippen LogP contribution in [0, 0.1) is 18.3 Å². The molecule has 0 radical (unpaired) electrons. The van der Waals surface area contributed by atoms with Crippen LogP contribution in [0.1, 0.15) is 11.4 Å². The standard InChI is InChI=1S/C16H16N6O2S2/c1-12-2-4-13(5-3-12)26(23,24)18-10-8-15-20-19-14-6-7-16(21-22(14)15)25-11-9-17/h2-7,18H,8,10-11H2,1H3. The van der Waals surface area contributed by atoms with E-state index in [1.165, 1.54) is 11.8 Å². The molecule has 3 aromatic rings. The maximum Gasteiger partial charge on any atom is 0.240 e. The van der Waals surface area contributed by atoms with Gasteiger partial charge in [-0.15, -0.1) is 10.2 Å². The van der Waals surface area contributed by atoms with E-state index >= 15 is 0 Å². The molecule has 2 heterocycles.